The van der Waals surface area contributed by atoms with E-state index in [2.05, 4.69) is 114 Å². The highest BCUT2D eigenvalue weighted by atomic mass is 35.5. The molecule has 0 radical (unpaired) electrons. The van der Waals surface area contributed by atoms with E-state index in [1.807, 2.05) is 12.1 Å². The van der Waals surface area contributed by atoms with Gasteiger partial charge < -0.3 is 9.47 Å². The van der Waals surface area contributed by atoms with E-state index < -0.39 is 0 Å². The van der Waals surface area contributed by atoms with Crippen molar-refractivity contribution >= 4 is 39.6 Å². The van der Waals surface area contributed by atoms with Crippen molar-refractivity contribution in [2.45, 2.75) is 13.8 Å². The normalized spacial score (nSPS) is 11.1. The van der Waals surface area contributed by atoms with E-state index in [1.165, 1.54) is 22.2 Å². The molecule has 4 aromatic carbocycles. The van der Waals surface area contributed by atoms with Gasteiger partial charge in [0, 0.05) is 22.5 Å². The number of hydrogen-bond acceptors (Lipinski definition) is 1. The minimum absolute atomic E-state index is 0.721. The number of halogens is 1. The van der Waals surface area contributed by atoms with Crippen LogP contribution in [-0.2, 0) is 0 Å². The van der Waals surface area contributed by atoms with Gasteiger partial charge in [-0.15, -0.1) is 0 Å². The van der Waals surface area contributed by atoms with Crippen LogP contribution >= 0.6 is 11.6 Å². The average Bonchev–Trinajstić information content (AvgIpc) is 3.07. The molecule has 0 spiro atoms. The third-order valence-electron chi connectivity index (χ3n) is 5.90. The molecular formula is C28H23ClN2. The predicted molar refractivity (Wildman–Crippen MR) is 132 cm³/mol. The first-order valence-corrected chi connectivity index (χ1v) is 10.8. The van der Waals surface area contributed by atoms with Crippen molar-refractivity contribution in [3.63, 3.8) is 0 Å². The molecule has 0 aliphatic carbocycles. The van der Waals surface area contributed by atoms with Gasteiger partial charge in [-0.3, -0.25) is 0 Å². The Labute approximate surface area is 187 Å². The number of rotatable bonds is 4. The van der Waals surface area contributed by atoms with Gasteiger partial charge in [0.15, 0.2) is 0 Å². The summed E-state index contributed by atoms with van der Waals surface area (Å²) in [5, 5.41) is 1.98. The lowest BCUT2D eigenvalue weighted by Crippen LogP contribution is -2.11. The summed E-state index contributed by atoms with van der Waals surface area (Å²) in [7, 11) is 0. The van der Waals surface area contributed by atoms with Crippen LogP contribution in [0.3, 0.4) is 0 Å². The Balaban J connectivity index is 1.76. The molecule has 0 aliphatic rings. The van der Waals surface area contributed by atoms with E-state index in [0.717, 1.165) is 27.8 Å². The van der Waals surface area contributed by atoms with Crippen LogP contribution in [-0.4, -0.2) is 4.57 Å². The first kappa shape index (κ1) is 19.5. The molecule has 0 atom stereocenters. The van der Waals surface area contributed by atoms with Gasteiger partial charge >= 0.3 is 0 Å². The second-order valence-corrected chi connectivity index (χ2v) is 8.06. The maximum Gasteiger partial charge on any atom is 0.0886 e. The largest absolute Gasteiger partial charge is 0.312 e. The van der Waals surface area contributed by atoms with Crippen LogP contribution < -0.4 is 4.90 Å². The monoisotopic (exact) mass is 422 g/mol. The maximum atomic E-state index is 7.16. The number of anilines is 3. The van der Waals surface area contributed by atoms with Gasteiger partial charge in [0.05, 0.1) is 21.9 Å². The van der Waals surface area contributed by atoms with Crippen LogP contribution in [0.2, 0.25) is 5.02 Å². The van der Waals surface area contributed by atoms with Crippen molar-refractivity contribution in [1.82, 2.24) is 4.57 Å². The summed E-state index contributed by atoms with van der Waals surface area (Å²) in [4.78, 5) is 2.21. The zero-order valence-corrected chi connectivity index (χ0v) is 18.3. The topological polar surface area (TPSA) is 8.17 Å². The summed E-state index contributed by atoms with van der Waals surface area (Å²) in [6.45, 7) is 4.33. The Kier molecular flexibility index (Phi) is 5.01. The predicted octanol–water partition coefficient (Wildman–Crippen LogP) is 8.37. The number of nitrogens with zero attached hydrogens (tertiary/aromatic N) is 2. The van der Waals surface area contributed by atoms with Crippen LogP contribution in [0.15, 0.2) is 103 Å². The minimum Gasteiger partial charge on any atom is -0.312 e. The highest BCUT2D eigenvalue weighted by molar-refractivity contribution is 6.35. The second kappa shape index (κ2) is 7.98. The number of aromatic nitrogens is 1. The lowest BCUT2D eigenvalue weighted by molar-refractivity contribution is 1.04. The van der Waals surface area contributed by atoms with Gasteiger partial charge in [0.1, 0.15) is 0 Å². The Morgan fingerprint density at radius 1 is 0.645 bits per heavy atom. The molecule has 0 N–H and O–H groups in total. The SMILES string of the molecule is Cc1c(C)n(-c2cccc(N(c3ccccc3)c3ccccc3)c2Cl)c2ccccc12. The fraction of sp³-hybridized carbons (Fsp3) is 0.0714. The van der Waals surface area contributed by atoms with Crippen molar-refractivity contribution in [1.29, 1.82) is 0 Å². The summed E-state index contributed by atoms with van der Waals surface area (Å²) in [6, 6.07) is 35.5. The number of hydrogen-bond donors (Lipinski definition) is 0. The lowest BCUT2D eigenvalue weighted by Gasteiger charge is -2.27. The summed E-state index contributed by atoms with van der Waals surface area (Å²) >= 11 is 7.16. The third-order valence-corrected chi connectivity index (χ3v) is 6.28. The Hall–Kier alpha value is -3.49. The Morgan fingerprint density at radius 2 is 1.23 bits per heavy atom. The molecule has 0 bridgehead atoms. The third kappa shape index (κ3) is 3.30. The molecular weight excluding hydrogens is 400 g/mol. The van der Waals surface area contributed by atoms with Crippen LogP contribution in [0.25, 0.3) is 16.6 Å². The molecule has 1 aromatic heterocycles. The van der Waals surface area contributed by atoms with Gasteiger partial charge in [0.2, 0.25) is 0 Å². The van der Waals surface area contributed by atoms with Gasteiger partial charge in [-0.2, -0.15) is 0 Å². The molecule has 31 heavy (non-hydrogen) atoms. The molecule has 5 rings (SSSR count). The van der Waals surface area contributed by atoms with Crippen LogP contribution in [0.1, 0.15) is 11.3 Å². The average molecular weight is 423 g/mol. The highest BCUT2D eigenvalue weighted by Gasteiger charge is 2.20. The summed E-state index contributed by atoms with van der Waals surface area (Å²) in [5.74, 6) is 0. The fourth-order valence-corrected chi connectivity index (χ4v) is 4.57. The van der Waals surface area contributed by atoms with E-state index >= 15 is 0 Å². The fourth-order valence-electron chi connectivity index (χ4n) is 4.27. The van der Waals surface area contributed by atoms with Crippen molar-refractivity contribution in [2.75, 3.05) is 4.90 Å². The van der Waals surface area contributed by atoms with E-state index in [-0.39, 0.29) is 0 Å². The standard InChI is InChI=1S/C28H23ClN2/c1-20-21(2)30(25-17-10-9-16-24(20)25)26-18-11-19-27(28(26)29)31(22-12-5-3-6-13-22)23-14-7-4-8-15-23/h3-19H,1-2H3. The zero-order valence-electron chi connectivity index (χ0n) is 17.6. The van der Waals surface area contributed by atoms with Crippen molar-refractivity contribution in [3.05, 3.63) is 119 Å². The Bertz CT molecular complexity index is 1310. The van der Waals surface area contributed by atoms with Crippen LogP contribution in [0.5, 0.6) is 0 Å². The Morgan fingerprint density at radius 3 is 1.87 bits per heavy atom. The molecule has 3 heteroatoms. The quantitative estimate of drug-likeness (QED) is 0.282. The molecule has 0 saturated carbocycles. The summed E-state index contributed by atoms with van der Waals surface area (Å²) < 4.78 is 2.27. The number of aryl methyl sites for hydroxylation is 1. The van der Waals surface area contributed by atoms with Gasteiger partial charge in [-0.05, 0) is 61.9 Å². The number of fused-ring (bicyclic) bond motifs is 1. The minimum atomic E-state index is 0.721. The molecule has 0 unspecified atom stereocenters. The van der Waals surface area contributed by atoms with Crippen molar-refractivity contribution in [3.8, 4) is 5.69 Å². The highest BCUT2D eigenvalue weighted by Crippen LogP contribution is 2.42. The second-order valence-electron chi connectivity index (χ2n) is 7.68. The lowest BCUT2D eigenvalue weighted by atomic mass is 10.1. The van der Waals surface area contributed by atoms with Gasteiger partial charge in [-0.1, -0.05) is 72.3 Å². The smallest absolute Gasteiger partial charge is 0.0886 e. The molecule has 0 saturated heterocycles. The first-order chi connectivity index (χ1) is 15.2. The number of para-hydroxylation sites is 3. The van der Waals surface area contributed by atoms with E-state index in [4.69, 9.17) is 11.6 Å². The number of benzene rings is 4. The van der Waals surface area contributed by atoms with Crippen LogP contribution in [0.4, 0.5) is 17.1 Å². The molecule has 152 valence electrons. The van der Waals surface area contributed by atoms with E-state index in [1.54, 1.807) is 0 Å². The van der Waals surface area contributed by atoms with Gasteiger partial charge in [-0.25, -0.2) is 0 Å². The van der Waals surface area contributed by atoms with E-state index in [9.17, 15) is 0 Å². The summed E-state index contributed by atoms with van der Waals surface area (Å²) in [6.07, 6.45) is 0. The summed E-state index contributed by atoms with van der Waals surface area (Å²) in [5.41, 5.74) is 7.72. The zero-order chi connectivity index (χ0) is 21.4. The molecule has 0 fully saturated rings. The maximum absolute atomic E-state index is 7.16. The molecule has 2 nitrogen and oxygen atoms in total. The van der Waals surface area contributed by atoms with Crippen LogP contribution in [0, 0.1) is 13.8 Å². The molecule has 0 aliphatic heterocycles. The molecule has 0 amide bonds. The van der Waals surface area contributed by atoms with Crippen molar-refractivity contribution < 1.29 is 0 Å². The molecule has 1 heterocycles. The first-order valence-electron chi connectivity index (χ1n) is 10.4. The molecule has 5 aromatic rings. The van der Waals surface area contributed by atoms with Crippen molar-refractivity contribution in [2.24, 2.45) is 0 Å². The van der Waals surface area contributed by atoms with E-state index in [0.29, 0.717) is 0 Å². The van der Waals surface area contributed by atoms with Gasteiger partial charge in [0.25, 0.3) is 0 Å².